The van der Waals surface area contributed by atoms with Crippen molar-refractivity contribution in [3.8, 4) is 0 Å². The number of carbonyl (C=O) groups excluding carboxylic acids is 1. The summed E-state index contributed by atoms with van der Waals surface area (Å²) >= 11 is 16.8. The number of rotatable bonds is 5. The summed E-state index contributed by atoms with van der Waals surface area (Å²) in [5.74, 6) is 0.861. The zero-order valence-corrected chi connectivity index (χ0v) is 16.2. The normalized spacial score (nSPS) is 15.9. The summed E-state index contributed by atoms with van der Waals surface area (Å²) in [5, 5.41) is 0.930. The molecule has 1 aromatic rings. The summed E-state index contributed by atoms with van der Waals surface area (Å²) in [5.41, 5.74) is 0.777. The number of hydrogen-bond acceptors (Lipinski definition) is 2. The van der Waals surface area contributed by atoms with Gasteiger partial charge in [-0.15, -0.1) is 12.6 Å². The van der Waals surface area contributed by atoms with Crippen molar-refractivity contribution in [1.82, 2.24) is 0 Å². The van der Waals surface area contributed by atoms with E-state index in [2.05, 4.69) is 26.5 Å². The van der Waals surface area contributed by atoms with Crippen LogP contribution >= 0.6 is 35.8 Å². The molecule has 0 N–H and O–H groups in total. The topological polar surface area (TPSA) is 20.3 Å². The van der Waals surface area contributed by atoms with Gasteiger partial charge in [0.05, 0.1) is 15.7 Å². The second-order valence-corrected chi connectivity index (χ2v) is 8.06. The molecule has 1 aliphatic rings. The van der Waals surface area contributed by atoms with Crippen LogP contribution in [0.25, 0.3) is 0 Å². The van der Waals surface area contributed by atoms with Crippen LogP contribution in [0.1, 0.15) is 52.4 Å². The highest BCUT2D eigenvalue weighted by atomic mass is 35.5. The second kappa shape index (κ2) is 8.64. The number of anilines is 1. The zero-order chi connectivity index (χ0) is 17.0. The highest BCUT2D eigenvalue weighted by Gasteiger charge is 2.28. The summed E-state index contributed by atoms with van der Waals surface area (Å²) < 4.78 is 0. The molecule has 0 unspecified atom stereocenters. The molecule has 0 aromatic heterocycles. The highest BCUT2D eigenvalue weighted by Crippen LogP contribution is 2.36. The Balaban J connectivity index is 2.29. The van der Waals surface area contributed by atoms with Gasteiger partial charge in [-0.2, -0.15) is 0 Å². The fraction of sp³-hybridized carbons (Fsp3) is 0.611. The van der Waals surface area contributed by atoms with E-state index in [9.17, 15) is 4.79 Å². The number of benzene rings is 1. The van der Waals surface area contributed by atoms with Gasteiger partial charge in [-0.05, 0) is 37.3 Å². The fourth-order valence-corrected chi connectivity index (χ4v) is 3.76. The van der Waals surface area contributed by atoms with Crippen LogP contribution in [0.15, 0.2) is 17.0 Å². The van der Waals surface area contributed by atoms with Crippen molar-refractivity contribution in [3.05, 3.63) is 22.2 Å². The van der Waals surface area contributed by atoms with E-state index in [1.54, 1.807) is 12.1 Å². The van der Waals surface area contributed by atoms with Crippen molar-refractivity contribution in [3.63, 3.8) is 0 Å². The van der Waals surface area contributed by atoms with Gasteiger partial charge in [0, 0.05) is 17.4 Å². The second-order valence-electron chi connectivity index (χ2n) is 6.76. The number of hydrogen-bond donors (Lipinski definition) is 1. The molecule has 0 heterocycles. The Labute approximate surface area is 154 Å². The molecule has 0 radical (unpaired) electrons. The molecule has 1 aliphatic carbocycles. The summed E-state index contributed by atoms with van der Waals surface area (Å²) in [6.45, 7) is 5.03. The Kier molecular flexibility index (Phi) is 7.12. The van der Waals surface area contributed by atoms with E-state index in [4.69, 9.17) is 23.2 Å². The summed E-state index contributed by atoms with van der Waals surface area (Å²) in [6.07, 6.45) is 6.44. The average molecular weight is 374 g/mol. The first kappa shape index (κ1) is 19.0. The van der Waals surface area contributed by atoms with Crippen molar-refractivity contribution in [1.29, 1.82) is 0 Å². The van der Waals surface area contributed by atoms with Crippen LogP contribution in [0.5, 0.6) is 0 Å². The molecular weight excluding hydrogens is 349 g/mol. The van der Waals surface area contributed by atoms with Crippen molar-refractivity contribution in [2.24, 2.45) is 11.8 Å². The SMILES string of the molecule is CC(C)CCN(C(=O)C1CCCCC1)c1cc(Cl)c(Cl)cc1S. The minimum atomic E-state index is 0.123. The van der Waals surface area contributed by atoms with E-state index in [1.165, 1.54) is 6.42 Å². The Bertz CT molecular complexity index is 556. The van der Waals surface area contributed by atoms with Crippen molar-refractivity contribution in [2.45, 2.75) is 57.3 Å². The maximum absolute atomic E-state index is 13.1. The third kappa shape index (κ3) is 5.04. The van der Waals surface area contributed by atoms with Crippen molar-refractivity contribution in [2.75, 3.05) is 11.4 Å². The van der Waals surface area contributed by atoms with E-state index in [0.717, 1.165) is 37.8 Å². The minimum Gasteiger partial charge on any atom is -0.311 e. The first-order valence-electron chi connectivity index (χ1n) is 8.39. The molecule has 1 saturated carbocycles. The molecule has 128 valence electrons. The number of amides is 1. The lowest BCUT2D eigenvalue weighted by atomic mass is 9.88. The molecule has 1 amide bonds. The lowest BCUT2D eigenvalue weighted by Crippen LogP contribution is -2.38. The minimum absolute atomic E-state index is 0.123. The third-order valence-electron chi connectivity index (χ3n) is 4.46. The Morgan fingerprint density at radius 1 is 1.22 bits per heavy atom. The van der Waals surface area contributed by atoms with Gasteiger partial charge < -0.3 is 4.90 Å². The Morgan fingerprint density at radius 2 is 1.83 bits per heavy atom. The molecule has 1 aromatic carbocycles. The predicted molar refractivity (Wildman–Crippen MR) is 102 cm³/mol. The molecule has 23 heavy (non-hydrogen) atoms. The lowest BCUT2D eigenvalue weighted by molar-refractivity contribution is -0.123. The van der Waals surface area contributed by atoms with Gasteiger partial charge in [-0.25, -0.2) is 0 Å². The van der Waals surface area contributed by atoms with Crippen molar-refractivity contribution < 1.29 is 4.79 Å². The Morgan fingerprint density at radius 3 is 2.43 bits per heavy atom. The number of carbonyl (C=O) groups is 1. The zero-order valence-electron chi connectivity index (χ0n) is 13.8. The van der Waals surface area contributed by atoms with Gasteiger partial charge in [-0.1, -0.05) is 56.3 Å². The molecule has 0 saturated heterocycles. The fourth-order valence-electron chi connectivity index (χ4n) is 3.05. The summed E-state index contributed by atoms with van der Waals surface area (Å²) in [4.78, 5) is 15.7. The predicted octanol–water partition coefficient (Wildman–Crippen LogP) is 6.24. The smallest absolute Gasteiger partial charge is 0.230 e. The lowest BCUT2D eigenvalue weighted by Gasteiger charge is -2.31. The molecule has 0 spiro atoms. The largest absolute Gasteiger partial charge is 0.311 e. The first-order chi connectivity index (χ1) is 10.9. The third-order valence-corrected chi connectivity index (χ3v) is 5.54. The van der Waals surface area contributed by atoms with Crippen LogP contribution in [0, 0.1) is 11.8 Å². The molecule has 1 fully saturated rings. The summed E-state index contributed by atoms with van der Waals surface area (Å²) in [6, 6.07) is 3.49. The number of nitrogens with zero attached hydrogens (tertiary/aromatic N) is 1. The molecular formula is C18H25Cl2NOS. The van der Waals surface area contributed by atoms with Crippen LogP contribution in [0.4, 0.5) is 5.69 Å². The van der Waals surface area contributed by atoms with Crippen molar-refractivity contribution >= 4 is 47.4 Å². The van der Waals surface area contributed by atoms with Gasteiger partial charge >= 0.3 is 0 Å². The Hall–Kier alpha value is -0.380. The molecule has 0 aliphatic heterocycles. The van der Waals surface area contributed by atoms with E-state index >= 15 is 0 Å². The highest BCUT2D eigenvalue weighted by molar-refractivity contribution is 7.80. The van der Waals surface area contributed by atoms with Crippen LogP contribution in [0.2, 0.25) is 10.0 Å². The molecule has 5 heteroatoms. The van der Waals surface area contributed by atoms with Gasteiger partial charge in [0.25, 0.3) is 0 Å². The maximum atomic E-state index is 13.1. The molecule has 0 bridgehead atoms. The quantitative estimate of drug-likeness (QED) is 0.605. The van der Waals surface area contributed by atoms with Crippen LogP contribution in [-0.4, -0.2) is 12.5 Å². The van der Waals surface area contributed by atoms with Crippen LogP contribution in [0.3, 0.4) is 0 Å². The molecule has 0 atom stereocenters. The molecule has 2 nitrogen and oxygen atoms in total. The number of halogens is 2. The van der Waals surface area contributed by atoms with Gasteiger partial charge in [0.15, 0.2) is 0 Å². The van der Waals surface area contributed by atoms with Crippen LogP contribution < -0.4 is 4.90 Å². The van der Waals surface area contributed by atoms with E-state index in [0.29, 0.717) is 27.4 Å². The van der Waals surface area contributed by atoms with Gasteiger partial charge in [0.2, 0.25) is 5.91 Å². The monoisotopic (exact) mass is 373 g/mol. The van der Waals surface area contributed by atoms with Gasteiger partial charge in [0.1, 0.15) is 0 Å². The summed E-state index contributed by atoms with van der Waals surface area (Å²) in [7, 11) is 0. The van der Waals surface area contributed by atoms with Gasteiger partial charge in [-0.3, -0.25) is 4.79 Å². The standard InChI is InChI=1S/C18H25Cl2NOS/c1-12(2)8-9-21(18(22)13-6-4-3-5-7-13)16-10-14(19)15(20)11-17(16)23/h10-13,23H,3-9H2,1-2H3. The maximum Gasteiger partial charge on any atom is 0.230 e. The van der Waals surface area contributed by atoms with Crippen LogP contribution in [-0.2, 0) is 4.79 Å². The van der Waals surface area contributed by atoms with E-state index in [1.807, 2.05) is 4.90 Å². The first-order valence-corrected chi connectivity index (χ1v) is 9.60. The number of thiol groups is 1. The molecule has 2 rings (SSSR count). The average Bonchev–Trinajstić information content (AvgIpc) is 2.52. The van der Waals surface area contributed by atoms with E-state index < -0.39 is 0 Å². The van der Waals surface area contributed by atoms with E-state index in [-0.39, 0.29) is 11.8 Å².